The van der Waals surface area contributed by atoms with Crippen LogP contribution in [0.1, 0.15) is 5.56 Å². The minimum absolute atomic E-state index is 0.155. The van der Waals surface area contributed by atoms with E-state index in [9.17, 15) is 4.79 Å². The van der Waals surface area contributed by atoms with Gasteiger partial charge in [-0.1, -0.05) is 0 Å². The summed E-state index contributed by atoms with van der Waals surface area (Å²) >= 11 is -0.353. The normalized spacial score (nSPS) is 19.9. The summed E-state index contributed by atoms with van der Waals surface area (Å²) in [5.74, 6) is -1.04. The summed E-state index contributed by atoms with van der Waals surface area (Å²) < 4.78 is 1.46. The van der Waals surface area contributed by atoms with Crippen LogP contribution >= 0.6 is 33.9 Å². The van der Waals surface area contributed by atoms with Crippen molar-refractivity contribution in [1.82, 2.24) is 0 Å². The van der Waals surface area contributed by atoms with Gasteiger partial charge in [0.2, 0.25) is 0 Å². The summed E-state index contributed by atoms with van der Waals surface area (Å²) in [7, 11) is 12.5. The number of rotatable bonds is 1. The first kappa shape index (κ1) is 11.8. The van der Waals surface area contributed by atoms with E-state index in [-0.39, 0.29) is 3.62 Å². The van der Waals surface area contributed by atoms with E-state index in [1.165, 1.54) is 0 Å². The molecule has 2 rings (SSSR count). The van der Waals surface area contributed by atoms with Crippen molar-refractivity contribution in [2.24, 2.45) is 0 Å². The zero-order valence-corrected chi connectivity index (χ0v) is 12.6. The molecule has 0 saturated carbocycles. The van der Waals surface area contributed by atoms with Crippen LogP contribution in [-0.2, 0) is 4.79 Å². The second-order valence-corrected chi connectivity index (χ2v) is 16.1. The molecule has 1 aliphatic rings. The first-order valence-electron chi connectivity index (χ1n) is 3.91. The van der Waals surface area contributed by atoms with Gasteiger partial charge in [0.05, 0.1) is 0 Å². The van der Waals surface area contributed by atoms with Gasteiger partial charge in [0.25, 0.3) is 0 Å². The second-order valence-electron chi connectivity index (χ2n) is 2.91. The van der Waals surface area contributed by atoms with E-state index in [0.717, 1.165) is 9.17 Å². The fraction of sp³-hybridized carbons (Fsp3) is 0. The van der Waals surface area contributed by atoms with Crippen molar-refractivity contribution in [3.05, 3.63) is 33.4 Å². The molecule has 1 aromatic rings. The number of benzene rings is 1. The van der Waals surface area contributed by atoms with Crippen molar-refractivity contribution in [3.63, 3.8) is 0 Å². The number of carboxylic acids is 1. The standard InChI is InChI=1S/C9H5BrCl2O2Te/c10-7-5-3-1-2-4-6(5)15(11,12)8(7)9(13)14/h1-4H,(H,13,14). The van der Waals surface area contributed by atoms with Crippen molar-refractivity contribution >= 4 is 63.9 Å². The van der Waals surface area contributed by atoms with Gasteiger partial charge in [-0.15, -0.1) is 0 Å². The molecule has 0 radical (unpaired) electrons. The Labute approximate surface area is 106 Å². The summed E-state index contributed by atoms with van der Waals surface area (Å²) in [6, 6.07) is 7.26. The Morgan fingerprint density at radius 3 is 2.47 bits per heavy atom. The molecule has 80 valence electrons. The predicted octanol–water partition coefficient (Wildman–Crippen LogP) is 2.56. The van der Waals surface area contributed by atoms with Crippen LogP contribution in [0, 0.1) is 0 Å². The average Bonchev–Trinajstić information content (AvgIpc) is 2.36. The third-order valence-corrected chi connectivity index (χ3v) is 13.1. The first-order valence-corrected chi connectivity index (χ1v) is 12.9. The molecule has 15 heavy (non-hydrogen) atoms. The molecule has 0 aromatic heterocycles. The van der Waals surface area contributed by atoms with Crippen molar-refractivity contribution in [2.45, 2.75) is 0 Å². The molecule has 0 aliphatic carbocycles. The summed E-state index contributed by atoms with van der Waals surface area (Å²) in [6.45, 7) is 0. The molecule has 0 fully saturated rings. The number of carboxylic acid groups (broad SMARTS) is 1. The van der Waals surface area contributed by atoms with E-state index >= 15 is 0 Å². The number of halogens is 3. The van der Waals surface area contributed by atoms with E-state index in [4.69, 9.17) is 23.0 Å². The third-order valence-electron chi connectivity index (χ3n) is 2.05. The van der Waals surface area contributed by atoms with E-state index in [1.54, 1.807) is 6.07 Å². The number of carbonyl (C=O) groups is 1. The monoisotopic (exact) mass is 424 g/mol. The molecule has 2 nitrogen and oxygen atoms in total. The van der Waals surface area contributed by atoms with Gasteiger partial charge < -0.3 is 0 Å². The molecular weight excluding hydrogens is 419 g/mol. The van der Waals surface area contributed by atoms with Gasteiger partial charge in [-0.25, -0.2) is 0 Å². The molecule has 6 heteroatoms. The fourth-order valence-corrected chi connectivity index (χ4v) is 13.1. The van der Waals surface area contributed by atoms with Crippen LogP contribution in [0.2, 0.25) is 0 Å². The van der Waals surface area contributed by atoms with Gasteiger partial charge in [-0.3, -0.25) is 0 Å². The van der Waals surface area contributed by atoms with Gasteiger partial charge in [0.1, 0.15) is 0 Å². The van der Waals surface area contributed by atoms with Crippen LogP contribution in [0.15, 0.2) is 27.9 Å². The van der Waals surface area contributed by atoms with Gasteiger partial charge in [0.15, 0.2) is 0 Å². The molecule has 1 heterocycles. The Morgan fingerprint density at radius 2 is 1.93 bits per heavy atom. The fourth-order valence-electron chi connectivity index (χ4n) is 1.42. The second kappa shape index (κ2) is 3.94. The van der Waals surface area contributed by atoms with Crippen LogP contribution < -0.4 is 3.61 Å². The van der Waals surface area contributed by atoms with Crippen LogP contribution in [0.4, 0.5) is 0 Å². The van der Waals surface area contributed by atoms with Gasteiger partial charge >= 0.3 is 107 Å². The predicted molar refractivity (Wildman–Crippen MR) is 67.0 cm³/mol. The van der Waals surface area contributed by atoms with Crippen molar-refractivity contribution in [1.29, 1.82) is 0 Å². The van der Waals surface area contributed by atoms with E-state index < -0.39 is 21.9 Å². The maximum atomic E-state index is 11.1. The van der Waals surface area contributed by atoms with Gasteiger partial charge in [0, 0.05) is 0 Å². The Bertz CT molecular complexity index is 485. The zero-order valence-electron chi connectivity index (χ0n) is 7.21. The Kier molecular flexibility index (Phi) is 3.09. The molecule has 0 bridgehead atoms. The van der Waals surface area contributed by atoms with Gasteiger partial charge in [-0.2, -0.15) is 0 Å². The Morgan fingerprint density at radius 1 is 1.33 bits per heavy atom. The summed E-state index contributed by atoms with van der Waals surface area (Å²) in [5.41, 5.74) is 0.807. The Balaban J connectivity index is 2.74. The van der Waals surface area contributed by atoms with E-state index in [1.807, 2.05) is 18.2 Å². The van der Waals surface area contributed by atoms with Crippen LogP contribution in [-0.4, -0.2) is 27.0 Å². The summed E-state index contributed by atoms with van der Waals surface area (Å²) in [4.78, 5) is 11.1. The number of hydrogen-bond acceptors (Lipinski definition) is 1. The molecule has 0 saturated heterocycles. The van der Waals surface area contributed by atoms with Gasteiger partial charge in [-0.05, 0) is 0 Å². The maximum absolute atomic E-state index is 11.1. The average molecular weight is 424 g/mol. The summed E-state index contributed by atoms with van der Waals surface area (Å²) in [5, 5.41) is 9.08. The summed E-state index contributed by atoms with van der Waals surface area (Å²) in [6.07, 6.45) is 0. The minimum atomic E-state index is -3.61. The first-order chi connectivity index (χ1) is 6.96. The number of fused-ring (bicyclic) bond motifs is 1. The Hall–Kier alpha value is 0.280. The molecule has 1 aromatic carbocycles. The molecule has 0 atom stereocenters. The molecular formula is C9H5BrCl2O2Te. The number of hydrogen-bond donors (Lipinski definition) is 1. The SMILES string of the molecule is O=C(O)C1=C(Br)c2ccccc2[Te]1(Cl)Cl. The van der Waals surface area contributed by atoms with E-state index in [2.05, 4.69) is 15.9 Å². The van der Waals surface area contributed by atoms with Crippen molar-refractivity contribution in [3.8, 4) is 0 Å². The molecule has 0 unspecified atom stereocenters. The van der Waals surface area contributed by atoms with E-state index in [0.29, 0.717) is 4.48 Å². The van der Waals surface area contributed by atoms with Crippen LogP contribution in [0.25, 0.3) is 4.48 Å². The van der Waals surface area contributed by atoms with Crippen molar-refractivity contribution in [2.75, 3.05) is 0 Å². The molecule has 0 amide bonds. The quantitative estimate of drug-likeness (QED) is 0.705. The van der Waals surface area contributed by atoms with Crippen molar-refractivity contribution < 1.29 is 9.90 Å². The molecule has 0 spiro atoms. The third kappa shape index (κ3) is 1.73. The topological polar surface area (TPSA) is 37.3 Å². The number of aliphatic carboxylic acids is 1. The zero-order chi connectivity index (χ0) is 11.2. The van der Waals surface area contributed by atoms with Crippen LogP contribution in [0.5, 0.6) is 0 Å². The molecule has 1 aliphatic heterocycles. The van der Waals surface area contributed by atoms with Crippen LogP contribution in [0.3, 0.4) is 0 Å². The molecule has 1 N–H and O–H groups in total.